The number of nitrogens with zero attached hydrogens (tertiary/aromatic N) is 5. The molecule has 2 aromatic heterocycles. The van der Waals surface area contributed by atoms with E-state index in [4.69, 9.17) is 4.99 Å². The summed E-state index contributed by atoms with van der Waals surface area (Å²) in [5, 5.41) is 4.48. The lowest BCUT2D eigenvalue weighted by molar-refractivity contribution is 0.540. The topological polar surface area (TPSA) is 74.2 Å². The van der Waals surface area contributed by atoms with Gasteiger partial charge in [-0.2, -0.15) is 5.10 Å². The Morgan fingerprint density at radius 2 is 1.71 bits per heavy atom. The van der Waals surface area contributed by atoms with Crippen LogP contribution in [0.15, 0.2) is 57.3 Å². The van der Waals surface area contributed by atoms with Crippen molar-refractivity contribution in [2.24, 2.45) is 4.99 Å². The Hall–Kier alpha value is -3.22. The molecule has 0 fully saturated rings. The highest BCUT2D eigenvalue weighted by atomic mass is 16.2. The fourth-order valence-electron chi connectivity index (χ4n) is 4.10. The van der Waals surface area contributed by atoms with Crippen LogP contribution in [-0.2, 0) is 32.5 Å². The summed E-state index contributed by atoms with van der Waals surface area (Å²) in [7, 11) is 0. The highest BCUT2D eigenvalue weighted by Gasteiger charge is 2.26. The molecule has 1 aliphatic heterocycles. The maximum Gasteiger partial charge on any atom is 0.332 e. The molecule has 0 amide bonds. The molecular formula is C24H29N5O2. The highest BCUT2D eigenvalue weighted by molar-refractivity contribution is 6.05. The minimum atomic E-state index is -0.256. The lowest BCUT2D eigenvalue weighted by Gasteiger charge is -2.12. The predicted octanol–water partition coefficient (Wildman–Crippen LogP) is 3.34. The summed E-state index contributed by atoms with van der Waals surface area (Å²) in [4.78, 5) is 30.5. The number of hydrogen-bond acceptors (Lipinski definition) is 4. The van der Waals surface area contributed by atoms with E-state index >= 15 is 0 Å². The first-order valence-electron chi connectivity index (χ1n) is 11.1. The van der Waals surface area contributed by atoms with Gasteiger partial charge in [0.05, 0.1) is 17.5 Å². The van der Waals surface area contributed by atoms with Crippen LogP contribution >= 0.6 is 0 Å². The van der Waals surface area contributed by atoms with Crippen LogP contribution in [0, 0.1) is 0 Å². The van der Waals surface area contributed by atoms with E-state index in [9.17, 15) is 9.59 Å². The Morgan fingerprint density at radius 1 is 0.968 bits per heavy atom. The van der Waals surface area contributed by atoms with Crippen LogP contribution in [0.4, 0.5) is 5.82 Å². The molecule has 3 aromatic rings. The molecule has 1 aromatic carbocycles. The molecule has 7 nitrogen and oxygen atoms in total. The molecule has 0 radical (unpaired) electrons. The van der Waals surface area contributed by atoms with Gasteiger partial charge in [0.15, 0.2) is 0 Å². The van der Waals surface area contributed by atoms with Gasteiger partial charge in [0.2, 0.25) is 0 Å². The Labute approximate surface area is 181 Å². The van der Waals surface area contributed by atoms with E-state index in [0.717, 1.165) is 43.5 Å². The van der Waals surface area contributed by atoms with Gasteiger partial charge >= 0.3 is 5.69 Å². The zero-order valence-corrected chi connectivity index (χ0v) is 18.3. The van der Waals surface area contributed by atoms with Gasteiger partial charge in [-0.1, -0.05) is 44.2 Å². The molecule has 0 bridgehead atoms. The van der Waals surface area contributed by atoms with Crippen LogP contribution < -0.4 is 11.2 Å². The van der Waals surface area contributed by atoms with Crippen molar-refractivity contribution >= 4 is 11.5 Å². The van der Waals surface area contributed by atoms with Gasteiger partial charge in [-0.3, -0.25) is 18.6 Å². The molecule has 0 atom stereocenters. The van der Waals surface area contributed by atoms with Crippen molar-refractivity contribution in [1.29, 1.82) is 0 Å². The second-order valence-electron chi connectivity index (χ2n) is 8.01. The van der Waals surface area contributed by atoms with Crippen molar-refractivity contribution in [3.05, 3.63) is 80.3 Å². The highest BCUT2D eigenvalue weighted by Crippen LogP contribution is 2.25. The van der Waals surface area contributed by atoms with Crippen molar-refractivity contribution in [1.82, 2.24) is 18.9 Å². The third kappa shape index (κ3) is 4.31. The van der Waals surface area contributed by atoms with Crippen molar-refractivity contribution < 1.29 is 0 Å². The summed E-state index contributed by atoms with van der Waals surface area (Å²) in [5.74, 6) is 0.524. The van der Waals surface area contributed by atoms with E-state index in [1.165, 1.54) is 10.1 Å². The van der Waals surface area contributed by atoms with E-state index < -0.39 is 0 Å². The molecule has 0 spiro atoms. The molecule has 7 heteroatoms. The van der Waals surface area contributed by atoms with E-state index in [-0.39, 0.29) is 11.2 Å². The van der Waals surface area contributed by atoms with Crippen LogP contribution in [0.1, 0.15) is 49.8 Å². The second-order valence-corrected chi connectivity index (χ2v) is 8.01. The largest absolute Gasteiger partial charge is 0.332 e. The first-order valence-corrected chi connectivity index (χ1v) is 11.1. The standard InChI is InChI=1S/C24H29N5O2/c1-3-12-28-22-20(23(30)29(13-4-2)24(28)31)15-21(26-22)19-16-25-27(17-19)14-8-11-18-9-6-5-7-10-18/h5-7,9-10,16-17H,3-4,8,11-15H2,1-2H3. The maximum absolute atomic E-state index is 12.9. The zero-order chi connectivity index (χ0) is 21.8. The van der Waals surface area contributed by atoms with Gasteiger partial charge in [0, 0.05) is 37.8 Å². The smallest absolute Gasteiger partial charge is 0.278 e. The first-order chi connectivity index (χ1) is 15.1. The van der Waals surface area contributed by atoms with Crippen LogP contribution in [0.3, 0.4) is 0 Å². The third-order valence-electron chi connectivity index (χ3n) is 5.63. The second kappa shape index (κ2) is 9.29. The minimum absolute atomic E-state index is 0.205. The molecule has 0 unspecified atom stereocenters. The van der Waals surface area contributed by atoms with Gasteiger partial charge in [0.25, 0.3) is 5.56 Å². The number of aliphatic imine (C=N–C) groups is 1. The summed E-state index contributed by atoms with van der Waals surface area (Å²) in [6, 6.07) is 10.4. The van der Waals surface area contributed by atoms with Crippen LogP contribution in [-0.4, -0.2) is 24.6 Å². The fraction of sp³-hybridized carbons (Fsp3) is 0.417. The summed E-state index contributed by atoms with van der Waals surface area (Å²) >= 11 is 0. The molecule has 4 rings (SSSR count). The summed E-state index contributed by atoms with van der Waals surface area (Å²) in [6.45, 7) is 5.80. The maximum atomic E-state index is 12.9. The molecule has 0 aliphatic carbocycles. The Kier molecular flexibility index (Phi) is 6.30. The normalized spacial score (nSPS) is 12.8. The van der Waals surface area contributed by atoms with Gasteiger partial charge < -0.3 is 0 Å². The van der Waals surface area contributed by atoms with Gasteiger partial charge in [-0.05, 0) is 31.2 Å². The van der Waals surface area contributed by atoms with E-state index in [1.807, 2.05) is 30.8 Å². The Morgan fingerprint density at radius 3 is 2.45 bits per heavy atom. The number of benzene rings is 1. The molecule has 0 saturated heterocycles. The lowest BCUT2D eigenvalue weighted by Crippen LogP contribution is -2.41. The van der Waals surface area contributed by atoms with Crippen molar-refractivity contribution in [3.8, 4) is 0 Å². The Balaban J connectivity index is 1.54. The molecule has 1 aliphatic rings. The van der Waals surface area contributed by atoms with Gasteiger partial charge in [-0.25, -0.2) is 9.79 Å². The quantitative estimate of drug-likeness (QED) is 0.534. The predicted molar refractivity (Wildman–Crippen MR) is 122 cm³/mol. The molecule has 3 heterocycles. The van der Waals surface area contributed by atoms with Crippen molar-refractivity contribution in [2.45, 2.75) is 65.6 Å². The van der Waals surface area contributed by atoms with Crippen LogP contribution in [0.25, 0.3) is 0 Å². The first kappa shape index (κ1) is 21.0. The van der Waals surface area contributed by atoms with Crippen molar-refractivity contribution in [3.63, 3.8) is 0 Å². The Bertz CT molecular complexity index is 1200. The third-order valence-corrected chi connectivity index (χ3v) is 5.63. The van der Waals surface area contributed by atoms with E-state index in [1.54, 1.807) is 10.8 Å². The number of aromatic nitrogens is 4. The fourth-order valence-corrected chi connectivity index (χ4v) is 4.10. The average molecular weight is 420 g/mol. The molecular weight excluding hydrogens is 390 g/mol. The number of aryl methyl sites for hydroxylation is 2. The summed E-state index contributed by atoms with van der Waals surface area (Å²) in [5.41, 5.74) is 3.20. The number of hydrogen-bond donors (Lipinski definition) is 0. The molecule has 0 saturated carbocycles. The van der Waals surface area contributed by atoms with Crippen LogP contribution in [0.2, 0.25) is 0 Å². The minimum Gasteiger partial charge on any atom is -0.278 e. The van der Waals surface area contributed by atoms with Crippen molar-refractivity contribution in [2.75, 3.05) is 0 Å². The molecule has 0 N–H and O–H groups in total. The van der Waals surface area contributed by atoms with Gasteiger partial charge in [-0.15, -0.1) is 0 Å². The van der Waals surface area contributed by atoms with E-state index in [2.05, 4.69) is 29.4 Å². The summed E-state index contributed by atoms with van der Waals surface area (Å²) in [6.07, 6.45) is 7.78. The molecule has 162 valence electrons. The monoisotopic (exact) mass is 419 g/mol. The SMILES string of the molecule is CCCn1c2c(c(=O)n(CCC)c1=O)CC(c1cnn(CCCc3ccccc3)c1)=N2. The zero-order valence-electron chi connectivity index (χ0n) is 18.3. The van der Waals surface area contributed by atoms with Crippen LogP contribution in [0.5, 0.6) is 0 Å². The van der Waals surface area contributed by atoms with Gasteiger partial charge in [0.1, 0.15) is 5.82 Å². The molecule has 31 heavy (non-hydrogen) atoms. The number of fused-ring (bicyclic) bond motifs is 1. The lowest BCUT2D eigenvalue weighted by atomic mass is 10.1. The van der Waals surface area contributed by atoms with E-state index in [0.29, 0.717) is 30.9 Å². The average Bonchev–Trinajstić information content (AvgIpc) is 3.42. The summed E-state index contributed by atoms with van der Waals surface area (Å²) < 4.78 is 4.95. The number of rotatable bonds is 9.